The first-order chi connectivity index (χ1) is 16.2. The van der Waals surface area contributed by atoms with Crippen LogP contribution in [0.4, 0.5) is 0 Å². The summed E-state index contributed by atoms with van der Waals surface area (Å²) in [7, 11) is 0. The van der Waals surface area contributed by atoms with Crippen LogP contribution >= 0.6 is 0 Å². The molecule has 174 valence electrons. The predicted octanol–water partition coefficient (Wildman–Crippen LogP) is 6.55. The van der Waals surface area contributed by atoms with Crippen LogP contribution in [0.25, 0.3) is 32.8 Å². The topological polar surface area (TPSA) is 68.7 Å². The molecule has 0 saturated heterocycles. The van der Waals surface area contributed by atoms with Crippen molar-refractivity contribution in [3.63, 3.8) is 0 Å². The summed E-state index contributed by atoms with van der Waals surface area (Å²) < 4.78 is 12.1. The van der Waals surface area contributed by atoms with Crippen molar-refractivity contribution in [1.29, 1.82) is 0 Å². The highest BCUT2D eigenvalue weighted by Gasteiger charge is 2.32. The largest absolute Gasteiger partial charge is 0.493 e. The van der Waals surface area contributed by atoms with Crippen molar-refractivity contribution in [2.24, 2.45) is 0 Å². The summed E-state index contributed by atoms with van der Waals surface area (Å²) in [5.74, 6) is -0.186. The number of ether oxygens (including phenoxy) is 2. The Morgan fingerprint density at radius 3 is 2.62 bits per heavy atom. The van der Waals surface area contributed by atoms with E-state index >= 15 is 0 Å². The fourth-order valence-electron chi connectivity index (χ4n) is 5.04. The number of fused-ring (bicyclic) bond motifs is 1. The maximum Gasteiger partial charge on any atom is 0.337 e. The molecule has 2 heterocycles. The van der Waals surface area contributed by atoms with Crippen LogP contribution in [0, 0.1) is 13.8 Å². The van der Waals surface area contributed by atoms with Crippen LogP contribution in [0.1, 0.15) is 49.1 Å². The molecular formula is C29H29NO4. The maximum absolute atomic E-state index is 12.6. The summed E-state index contributed by atoms with van der Waals surface area (Å²) in [5.41, 5.74) is 5.82. The van der Waals surface area contributed by atoms with E-state index in [0.717, 1.165) is 56.1 Å². The molecule has 0 radical (unpaired) electrons. The Balaban J connectivity index is 1.93. The molecule has 34 heavy (non-hydrogen) atoms. The van der Waals surface area contributed by atoms with Gasteiger partial charge in [-0.2, -0.15) is 0 Å². The lowest BCUT2D eigenvalue weighted by Gasteiger charge is -2.29. The summed E-state index contributed by atoms with van der Waals surface area (Å²) in [6.45, 7) is 10.3. The molecular weight excluding hydrogens is 426 g/mol. The third kappa shape index (κ3) is 3.70. The molecule has 1 atom stereocenters. The first kappa shape index (κ1) is 22.4. The maximum atomic E-state index is 12.6. The Hall–Kier alpha value is -3.44. The molecule has 0 bridgehead atoms. The van der Waals surface area contributed by atoms with E-state index in [1.165, 1.54) is 5.56 Å². The molecule has 3 aromatic carbocycles. The highest BCUT2D eigenvalue weighted by molar-refractivity contribution is 6.09. The lowest BCUT2D eigenvalue weighted by molar-refractivity contribution is -0.160. The fourth-order valence-corrected chi connectivity index (χ4v) is 5.04. The van der Waals surface area contributed by atoms with E-state index in [1.807, 2.05) is 58.2 Å². The highest BCUT2D eigenvalue weighted by Crippen LogP contribution is 2.45. The highest BCUT2D eigenvalue weighted by atomic mass is 16.5. The number of aromatic nitrogens is 1. The van der Waals surface area contributed by atoms with E-state index < -0.39 is 17.7 Å². The number of hydrogen-bond donors (Lipinski definition) is 1. The van der Waals surface area contributed by atoms with Gasteiger partial charge in [-0.15, -0.1) is 0 Å². The molecule has 5 rings (SSSR count). The minimum absolute atomic E-state index is 0.639. The second-order valence-electron chi connectivity index (χ2n) is 10.0. The average Bonchev–Trinajstić information content (AvgIpc) is 2.78. The number of rotatable bonds is 4. The van der Waals surface area contributed by atoms with E-state index in [0.29, 0.717) is 12.2 Å². The first-order valence-corrected chi connectivity index (χ1v) is 11.6. The number of carbonyl (C=O) groups is 1. The van der Waals surface area contributed by atoms with E-state index in [9.17, 15) is 9.90 Å². The zero-order valence-electron chi connectivity index (χ0n) is 20.2. The monoisotopic (exact) mass is 455 g/mol. The fraction of sp³-hybridized carbons (Fsp3) is 0.310. The van der Waals surface area contributed by atoms with Crippen LogP contribution in [0.5, 0.6) is 5.75 Å². The van der Waals surface area contributed by atoms with Gasteiger partial charge in [-0.25, -0.2) is 4.79 Å². The molecule has 4 aromatic rings. The molecule has 1 aliphatic heterocycles. The van der Waals surface area contributed by atoms with Gasteiger partial charge >= 0.3 is 5.97 Å². The molecule has 0 fully saturated rings. The van der Waals surface area contributed by atoms with Crippen molar-refractivity contribution in [3.05, 3.63) is 70.9 Å². The normalized spacial score (nSPS) is 14.3. The summed E-state index contributed by atoms with van der Waals surface area (Å²) in [6.07, 6.45) is 1.53. The third-order valence-electron chi connectivity index (χ3n) is 6.44. The zero-order valence-corrected chi connectivity index (χ0v) is 20.2. The number of aryl methyl sites for hydroxylation is 2. The molecule has 0 amide bonds. The molecule has 0 aliphatic carbocycles. The second-order valence-corrected chi connectivity index (χ2v) is 10.0. The summed E-state index contributed by atoms with van der Waals surface area (Å²) >= 11 is 0. The van der Waals surface area contributed by atoms with Gasteiger partial charge < -0.3 is 14.6 Å². The SMILES string of the molecule is Cc1cc2c(C)cccc2c(-c2ccc3c4c(ccnc24)CCO3)c1C(OC(C)(C)C)C(=O)O. The van der Waals surface area contributed by atoms with Gasteiger partial charge in [0.15, 0.2) is 6.10 Å². The van der Waals surface area contributed by atoms with Crippen molar-refractivity contribution in [3.8, 4) is 16.9 Å². The Labute approximate surface area is 199 Å². The van der Waals surface area contributed by atoms with Crippen LogP contribution in [0.2, 0.25) is 0 Å². The number of benzene rings is 3. The molecule has 1 aromatic heterocycles. The van der Waals surface area contributed by atoms with Gasteiger partial charge in [0.05, 0.1) is 17.7 Å². The van der Waals surface area contributed by atoms with Crippen molar-refractivity contribution < 1.29 is 19.4 Å². The second kappa shape index (κ2) is 8.10. The van der Waals surface area contributed by atoms with E-state index in [1.54, 1.807) is 0 Å². The lowest BCUT2D eigenvalue weighted by Crippen LogP contribution is -2.28. The van der Waals surface area contributed by atoms with Crippen molar-refractivity contribution >= 4 is 27.6 Å². The number of carboxylic acids is 1. The molecule has 5 heteroatoms. The number of aliphatic carboxylic acids is 1. The number of pyridine rings is 1. The third-order valence-corrected chi connectivity index (χ3v) is 6.44. The minimum atomic E-state index is -1.12. The number of nitrogens with zero attached hydrogens (tertiary/aromatic N) is 1. The molecule has 1 N–H and O–H groups in total. The predicted molar refractivity (Wildman–Crippen MR) is 135 cm³/mol. The molecule has 1 aliphatic rings. The first-order valence-electron chi connectivity index (χ1n) is 11.6. The van der Waals surface area contributed by atoms with Crippen molar-refractivity contribution in [2.75, 3.05) is 6.61 Å². The van der Waals surface area contributed by atoms with Crippen LogP contribution in [0.3, 0.4) is 0 Å². The van der Waals surface area contributed by atoms with Gasteiger partial charge in [-0.05, 0) is 85.8 Å². The van der Waals surface area contributed by atoms with Crippen LogP contribution in [0.15, 0.2) is 48.7 Å². The summed E-state index contributed by atoms with van der Waals surface area (Å²) in [4.78, 5) is 17.4. The number of carboxylic acid groups (broad SMARTS) is 1. The van der Waals surface area contributed by atoms with Crippen molar-refractivity contribution in [2.45, 2.75) is 52.7 Å². The van der Waals surface area contributed by atoms with Crippen LogP contribution in [-0.4, -0.2) is 28.3 Å². The Morgan fingerprint density at radius 1 is 1.09 bits per heavy atom. The van der Waals surface area contributed by atoms with Gasteiger partial charge in [0.25, 0.3) is 0 Å². The van der Waals surface area contributed by atoms with Crippen molar-refractivity contribution in [1.82, 2.24) is 4.98 Å². The van der Waals surface area contributed by atoms with Gasteiger partial charge in [0.1, 0.15) is 5.75 Å². The zero-order chi connectivity index (χ0) is 24.2. The van der Waals surface area contributed by atoms with E-state index in [4.69, 9.17) is 14.5 Å². The van der Waals surface area contributed by atoms with Crippen LogP contribution in [-0.2, 0) is 16.0 Å². The number of hydrogen-bond acceptors (Lipinski definition) is 4. The van der Waals surface area contributed by atoms with Gasteiger partial charge in [0, 0.05) is 29.1 Å². The standard InChI is InChI=1S/C29H29NO4/c1-16-7-6-8-19-21(16)15-17(2)23(27(28(31)32)34-29(3,4)5)25(19)20-9-10-22-24-18(12-14-33-22)11-13-30-26(20)24/h6-11,13,15,27H,12,14H2,1-5H3,(H,31,32). The average molecular weight is 456 g/mol. The smallest absolute Gasteiger partial charge is 0.337 e. The van der Waals surface area contributed by atoms with Gasteiger partial charge in [-0.1, -0.05) is 24.3 Å². The molecule has 5 nitrogen and oxygen atoms in total. The van der Waals surface area contributed by atoms with Gasteiger partial charge in [0.2, 0.25) is 0 Å². The lowest BCUT2D eigenvalue weighted by atomic mass is 9.84. The summed E-state index contributed by atoms with van der Waals surface area (Å²) in [5, 5.41) is 13.4. The Kier molecular flexibility index (Phi) is 5.33. The van der Waals surface area contributed by atoms with Crippen LogP contribution < -0.4 is 4.74 Å². The summed E-state index contributed by atoms with van der Waals surface area (Å²) in [6, 6.07) is 14.3. The van der Waals surface area contributed by atoms with Gasteiger partial charge in [-0.3, -0.25) is 4.98 Å². The molecule has 0 spiro atoms. The van der Waals surface area contributed by atoms with E-state index in [-0.39, 0.29) is 0 Å². The Bertz CT molecular complexity index is 1440. The quantitative estimate of drug-likeness (QED) is 0.378. The minimum Gasteiger partial charge on any atom is -0.493 e. The molecule has 0 saturated carbocycles. The Morgan fingerprint density at radius 2 is 1.88 bits per heavy atom. The van der Waals surface area contributed by atoms with E-state index in [2.05, 4.69) is 25.1 Å². The molecule has 1 unspecified atom stereocenters.